The molecule has 1 aliphatic rings. The summed E-state index contributed by atoms with van der Waals surface area (Å²) in [6.07, 6.45) is 1.97. The van der Waals surface area contributed by atoms with E-state index in [1.165, 1.54) is 12.1 Å². The van der Waals surface area contributed by atoms with Crippen LogP contribution in [0.15, 0.2) is 59.5 Å². The molecule has 0 aliphatic carbocycles. The van der Waals surface area contributed by atoms with Crippen LogP contribution in [0, 0.1) is 0 Å². The molecular formula is C22H30N4O3S. The molecule has 1 aliphatic heterocycles. The van der Waals surface area contributed by atoms with Gasteiger partial charge in [0.25, 0.3) is 15.9 Å². The van der Waals surface area contributed by atoms with Gasteiger partial charge in [0.05, 0.1) is 4.90 Å². The van der Waals surface area contributed by atoms with Crippen LogP contribution in [0.1, 0.15) is 23.2 Å². The number of hydrogen-bond acceptors (Lipinski definition) is 5. The van der Waals surface area contributed by atoms with Crippen molar-refractivity contribution in [3.05, 3.63) is 60.2 Å². The molecule has 1 amide bonds. The Bertz CT molecular complexity index is 909. The van der Waals surface area contributed by atoms with E-state index in [1.807, 2.05) is 6.07 Å². The van der Waals surface area contributed by atoms with Gasteiger partial charge in [-0.2, -0.15) is 0 Å². The molecule has 1 heterocycles. The molecule has 2 N–H and O–H groups in total. The van der Waals surface area contributed by atoms with Crippen molar-refractivity contribution in [1.82, 2.24) is 15.1 Å². The highest BCUT2D eigenvalue weighted by Gasteiger charge is 2.15. The first-order chi connectivity index (χ1) is 14.4. The summed E-state index contributed by atoms with van der Waals surface area (Å²) in [7, 11) is -1.54. The number of piperazine rings is 1. The molecule has 162 valence electrons. The van der Waals surface area contributed by atoms with Crippen LogP contribution in [0.4, 0.5) is 5.69 Å². The third kappa shape index (κ3) is 6.55. The van der Waals surface area contributed by atoms with Crippen molar-refractivity contribution in [2.75, 3.05) is 51.0 Å². The van der Waals surface area contributed by atoms with E-state index in [2.05, 4.69) is 26.9 Å². The molecule has 2 aromatic rings. The summed E-state index contributed by atoms with van der Waals surface area (Å²) in [5.41, 5.74) is 0.948. The Morgan fingerprint density at radius 3 is 2.27 bits per heavy atom. The minimum absolute atomic E-state index is 0.120. The summed E-state index contributed by atoms with van der Waals surface area (Å²) in [5, 5.41) is 2.91. The highest BCUT2D eigenvalue weighted by Crippen LogP contribution is 2.16. The summed E-state index contributed by atoms with van der Waals surface area (Å²) in [6, 6.07) is 14.7. The second-order valence-electron chi connectivity index (χ2n) is 7.60. The molecule has 0 bridgehead atoms. The Balaban J connectivity index is 1.42. The fourth-order valence-corrected chi connectivity index (χ4v) is 4.40. The van der Waals surface area contributed by atoms with E-state index >= 15 is 0 Å². The summed E-state index contributed by atoms with van der Waals surface area (Å²) in [5.74, 6) is -0.186. The van der Waals surface area contributed by atoms with E-state index in [0.29, 0.717) is 17.8 Å². The lowest BCUT2D eigenvalue weighted by atomic mass is 10.2. The van der Waals surface area contributed by atoms with Gasteiger partial charge in [-0.3, -0.25) is 9.52 Å². The van der Waals surface area contributed by atoms with E-state index in [0.717, 1.165) is 45.6 Å². The Labute approximate surface area is 179 Å². The highest BCUT2D eigenvalue weighted by atomic mass is 32.2. The Morgan fingerprint density at radius 2 is 1.60 bits per heavy atom. The molecule has 0 aromatic heterocycles. The lowest BCUT2D eigenvalue weighted by Crippen LogP contribution is -2.44. The Kier molecular flexibility index (Phi) is 7.84. The van der Waals surface area contributed by atoms with Crippen molar-refractivity contribution in [1.29, 1.82) is 0 Å². The number of sulfonamides is 1. The number of carbonyl (C=O) groups is 1. The third-order valence-corrected chi connectivity index (χ3v) is 6.63. The predicted molar refractivity (Wildman–Crippen MR) is 119 cm³/mol. The first-order valence-electron chi connectivity index (χ1n) is 10.3. The van der Waals surface area contributed by atoms with Crippen molar-refractivity contribution >= 4 is 21.6 Å². The van der Waals surface area contributed by atoms with Gasteiger partial charge in [-0.05, 0) is 62.8 Å². The number of para-hydroxylation sites is 1. The van der Waals surface area contributed by atoms with Gasteiger partial charge in [0.15, 0.2) is 0 Å². The van der Waals surface area contributed by atoms with Gasteiger partial charge in [-0.25, -0.2) is 8.42 Å². The molecule has 0 unspecified atom stereocenters. The number of benzene rings is 2. The van der Waals surface area contributed by atoms with E-state index in [9.17, 15) is 13.2 Å². The first-order valence-corrected chi connectivity index (χ1v) is 11.8. The maximum atomic E-state index is 12.5. The maximum absolute atomic E-state index is 12.5. The zero-order valence-electron chi connectivity index (χ0n) is 17.4. The second kappa shape index (κ2) is 10.6. The van der Waals surface area contributed by atoms with E-state index < -0.39 is 10.0 Å². The number of anilines is 1. The maximum Gasteiger partial charge on any atom is 0.261 e. The van der Waals surface area contributed by atoms with Gasteiger partial charge in [0.1, 0.15) is 0 Å². The molecular weight excluding hydrogens is 400 g/mol. The fourth-order valence-electron chi connectivity index (χ4n) is 3.34. The molecule has 1 fully saturated rings. The van der Waals surface area contributed by atoms with Gasteiger partial charge >= 0.3 is 0 Å². The van der Waals surface area contributed by atoms with E-state index in [1.54, 1.807) is 36.4 Å². The zero-order valence-corrected chi connectivity index (χ0v) is 18.2. The topological polar surface area (TPSA) is 81.8 Å². The average molecular weight is 431 g/mol. The summed E-state index contributed by atoms with van der Waals surface area (Å²) in [6.45, 7) is 6.12. The van der Waals surface area contributed by atoms with Crippen molar-refractivity contribution in [3.8, 4) is 0 Å². The van der Waals surface area contributed by atoms with Gasteiger partial charge in [0, 0.05) is 44.0 Å². The number of likely N-dealkylation sites (N-methyl/N-ethyl adjacent to an activating group) is 1. The number of hydrogen-bond donors (Lipinski definition) is 2. The van der Waals surface area contributed by atoms with Crippen molar-refractivity contribution in [2.24, 2.45) is 0 Å². The van der Waals surface area contributed by atoms with Crippen LogP contribution in [0.25, 0.3) is 0 Å². The zero-order chi connectivity index (χ0) is 21.4. The van der Waals surface area contributed by atoms with Gasteiger partial charge < -0.3 is 15.1 Å². The molecule has 0 spiro atoms. The van der Waals surface area contributed by atoms with Crippen molar-refractivity contribution in [3.63, 3.8) is 0 Å². The number of nitrogens with zero attached hydrogens (tertiary/aromatic N) is 2. The van der Waals surface area contributed by atoms with Crippen LogP contribution in [-0.4, -0.2) is 70.4 Å². The minimum Gasteiger partial charge on any atom is -0.352 e. The molecule has 0 radical (unpaired) electrons. The van der Waals surface area contributed by atoms with E-state index in [-0.39, 0.29) is 10.8 Å². The molecule has 7 nitrogen and oxygen atoms in total. The average Bonchev–Trinajstić information content (AvgIpc) is 2.75. The van der Waals surface area contributed by atoms with Gasteiger partial charge in [-0.15, -0.1) is 0 Å². The molecule has 0 atom stereocenters. The molecule has 30 heavy (non-hydrogen) atoms. The van der Waals surface area contributed by atoms with Crippen molar-refractivity contribution in [2.45, 2.75) is 17.7 Å². The molecule has 0 saturated carbocycles. The second-order valence-corrected chi connectivity index (χ2v) is 9.29. The highest BCUT2D eigenvalue weighted by molar-refractivity contribution is 7.92. The minimum atomic E-state index is -3.68. The lowest BCUT2D eigenvalue weighted by molar-refractivity contribution is 0.0951. The number of rotatable bonds is 9. The van der Waals surface area contributed by atoms with Crippen LogP contribution in [0.5, 0.6) is 0 Å². The summed E-state index contributed by atoms with van der Waals surface area (Å²) >= 11 is 0. The quantitative estimate of drug-likeness (QED) is 0.597. The normalized spacial score (nSPS) is 15.6. The monoisotopic (exact) mass is 430 g/mol. The van der Waals surface area contributed by atoms with Crippen molar-refractivity contribution < 1.29 is 13.2 Å². The molecule has 2 aromatic carbocycles. The molecule has 3 rings (SSSR count). The molecule has 8 heteroatoms. The SMILES string of the molecule is CN1CCN(CCCCNC(=O)c2ccc(S(=O)(=O)Nc3ccccc3)cc2)CC1. The van der Waals surface area contributed by atoms with Gasteiger partial charge in [-0.1, -0.05) is 18.2 Å². The summed E-state index contributed by atoms with van der Waals surface area (Å²) < 4.78 is 27.4. The predicted octanol–water partition coefficient (Wildman–Crippen LogP) is 2.24. The van der Waals surface area contributed by atoms with E-state index in [4.69, 9.17) is 0 Å². The van der Waals surface area contributed by atoms with Gasteiger partial charge in [0.2, 0.25) is 0 Å². The third-order valence-electron chi connectivity index (χ3n) is 5.24. The number of nitrogens with one attached hydrogen (secondary N) is 2. The largest absolute Gasteiger partial charge is 0.352 e. The number of amides is 1. The summed E-state index contributed by atoms with van der Waals surface area (Å²) in [4.78, 5) is 17.2. The van der Waals surface area contributed by atoms with Crippen LogP contribution in [-0.2, 0) is 10.0 Å². The van der Waals surface area contributed by atoms with Crippen LogP contribution >= 0.6 is 0 Å². The standard InChI is InChI=1S/C22H30N4O3S/c1-25-15-17-26(18-16-25)14-6-5-13-23-22(27)19-9-11-21(12-10-19)30(28,29)24-20-7-3-2-4-8-20/h2-4,7-12,24H,5-6,13-18H2,1H3,(H,23,27). The Morgan fingerprint density at radius 1 is 0.933 bits per heavy atom. The van der Waals surface area contributed by atoms with Crippen LogP contribution in [0.2, 0.25) is 0 Å². The number of carbonyl (C=O) groups excluding carboxylic acids is 1. The van der Waals surface area contributed by atoms with Crippen LogP contribution in [0.3, 0.4) is 0 Å². The first kappa shape index (κ1) is 22.3. The van der Waals surface area contributed by atoms with Crippen LogP contribution < -0.4 is 10.0 Å². The number of unbranched alkanes of at least 4 members (excludes halogenated alkanes) is 1. The molecule has 1 saturated heterocycles. The lowest BCUT2D eigenvalue weighted by Gasteiger charge is -2.32. The Hall–Kier alpha value is -2.42. The fraction of sp³-hybridized carbons (Fsp3) is 0.409. The smallest absolute Gasteiger partial charge is 0.261 e.